The van der Waals surface area contributed by atoms with E-state index in [4.69, 9.17) is 21.1 Å². The molecule has 0 heterocycles. The minimum absolute atomic E-state index is 0.0436. The van der Waals surface area contributed by atoms with Crippen LogP contribution in [0.15, 0.2) is 48.5 Å². The molecule has 1 N–H and O–H groups in total. The highest BCUT2D eigenvalue weighted by Crippen LogP contribution is 2.20. The van der Waals surface area contributed by atoms with Crippen LogP contribution in [-0.4, -0.2) is 26.1 Å². The lowest BCUT2D eigenvalue weighted by Gasteiger charge is -2.18. The highest BCUT2D eigenvalue weighted by atomic mass is 35.5. The van der Waals surface area contributed by atoms with Gasteiger partial charge in [-0.05, 0) is 35.4 Å². The number of nitrogens with one attached hydrogen (secondary N) is 1. The van der Waals surface area contributed by atoms with E-state index in [1.807, 2.05) is 18.2 Å². The van der Waals surface area contributed by atoms with Crippen molar-refractivity contribution >= 4 is 23.5 Å². The van der Waals surface area contributed by atoms with Gasteiger partial charge in [0.1, 0.15) is 5.75 Å². The highest BCUT2D eigenvalue weighted by Gasteiger charge is 2.19. The molecule has 2 aromatic rings. The number of benzene rings is 2. The van der Waals surface area contributed by atoms with Crippen molar-refractivity contribution in [1.82, 2.24) is 5.32 Å². The zero-order valence-corrected chi connectivity index (χ0v) is 14.9. The van der Waals surface area contributed by atoms with Crippen LogP contribution in [0.1, 0.15) is 23.6 Å². The van der Waals surface area contributed by atoms with E-state index in [9.17, 15) is 9.59 Å². The van der Waals surface area contributed by atoms with Gasteiger partial charge in [-0.15, -0.1) is 0 Å². The summed E-state index contributed by atoms with van der Waals surface area (Å²) in [5.41, 5.74) is 1.61. The predicted octanol–water partition coefficient (Wildman–Crippen LogP) is 3.31. The molecule has 0 aliphatic rings. The number of carbonyl (C=O) groups excluding carboxylic acids is 2. The van der Waals surface area contributed by atoms with Gasteiger partial charge in [0, 0.05) is 5.02 Å². The molecule has 5 nitrogen and oxygen atoms in total. The fourth-order valence-corrected chi connectivity index (χ4v) is 2.54. The van der Waals surface area contributed by atoms with Gasteiger partial charge in [0.25, 0.3) is 0 Å². The molecule has 0 aromatic heterocycles. The maximum Gasteiger partial charge on any atom is 0.307 e. The van der Waals surface area contributed by atoms with Crippen LogP contribution in [0, 0.1) is 0 Å². The Kier molecular flexibility index (Phi) is 6.83. The third-order valence-electron chi connectivity index (χ3n) is 3.70. The number of ether oxygens (including phenoxy) is 2. The molecule has 0 aliphatic heterocycles. The van der Waals surface area contributed by atoms with Gasteiger partial charge in [-0.1, -0.05) is 35.9 Å². The maximum atomic E-state index is 12.4. The molecule has 2 rings (SSSR count). The van der Waals surface area contributed by atoms with Crippen molar-refractivity contribution < 1.29 is 19.1 Å². The van der Waals surface area contributed by atoms with E-state index in [1.165, 1.54) is 7.11 Å². The van der Waals surface area contributed by atoms with Gasteiger partial charge in [0.05, 0.1) is 33.1 Å². The Morgan fingerprint density at radius 1 is 1.12 bits per heavy atom. The zero-order valence-electron chi connectivity index (χ0n) is 14.1. The van der Waals surface area contributed by atoms with Crippen molar-refractivity contribution in [2.45, 2.75) is 18.9 Å². The van der Waals surface area contributed by atoms with Gasteiger partial charge >= 0.3 is 5.97 Å². The lowest BCUT2D eigenvalue weighted by molar-refractivity contribution is -0.141. The first-order valence-corrected chi connectivity index (χ1v) is 8.14. The van der Waals surface area contributed by atoms with Crippen molar-refractivity contribution in [3.8, 4) is 5.75 Å². The zero-order chi connectivity index (χ0) is 18.2. The fraction of sp³-hybridized carbons (Fsp3) is 0.263. The molecule has 0 bridgehead atoms. The van der Waals surface area contributed by atoms with Crippen LogP contribution in [0.4, 0.5) is 0 Å². The fourth-order valence-electron chi connectivity index (χ4n) is 2.41. The van der Waals surface area contributed by atoms with Crippen molar-refractivity contribution in [1.29, 1.82) is 0 Å². The molecule has 6 heteroatoms. The Labute approximate surface area is 151 Å². The molecule has 0 radical (unpaired) electrons. The van der Waals surface area contributed by atoms with Crippen LogP contribution in [0.25, 0.3) is 0 Å². The Balaban J connectivity index is 2.10. The smallest absolute Gasteiger partial charge is 0.307 e. The monoisotopic (exact) mass is 361 g/mol. The first-order valence-electron chi connectivity index (χ1n) is 7.76. The van der Waals surface area contributed by atoms with Crippen LogP contribution in [0.5, 0.6) is 5.75 Å². The summed E-state index contributed by atoms with van der Waals surface area (Å²) in [6.07, 6.45) is 0.227. The summed E-state index contributed by atoms with van der Waals surface area (Å²) in [7, 11) is 2.89. The van der Waals surface area contributed by atoms with Crippen LogP contribution in [0.2, 0.25) is 5.02 Å². The van der Waals surface area contributed by atoms with Gasteiger partial charge < -0.3 is 14.8 Å². The third-order valence-corrected chi connectivity index (χ3v) is 3.96. The second kappa shape index (κ2) is 9.08. The van der Waals surface area contributed by atoms with Crippen molar-refractivity contribution in [3.63, 3.8) is 0 Å². The normalized spacial score (nSPS) is 11.5. The van der Waals surface area contributed by atoms with Crippen LogP contribution in [0.3, 0.4) is 0 Å². The molecule has 1 atom stereocenters. The molecule has 1 unspecified atom stereocenters. The lowest BCUT2D eigenvalue weighted by Crippen LogP contribution is -2.31. The molecule has 0 aliphatic carbocycles. The Morgan fingerprint density at radius 2 is 1.84 bits per heavy atom. The van der Waals surface area contributed by atoms with Gasteiger partial charge in [-0.25, -0.2) is 0 Å². The van der Waals surface area contributed by atoms with Crippen molar-refractivity contribution in [2.75, 3.05) is 14.2 Å². The highest BCUT2D eigenvalue weighted by molar-refractivity contribution is 6.30. The minimum atomic E-state index is -0.483. The van der Waals surface area contributed by atoms with E-state index in [0.29, 0.717) is 10.8 Å². The Morgan fingerprint density at radius 3 is 2.48 bits per heavy atom. The van der Waals surface area contributed by atoms with E-state index in [0.717, 1.165) is 11.1 Å². The van der Waals surface area contributed by atoms with E-state index in [1.54, 1.807) is 37.4 Å². The molecule has 25 heavy (non-hydrogen) atoms. The first-order chi connectivity index (χ1) is 12.0. The summed E-state index contributed by atoms with van der Waals surface area (Å²) >= 11 is 5.90. The Bertz CT molecular complexity index is 730. The number of carbonyl (C=O) groups is 2. The Hall–Kier alpha value is -2.53. The second-order valence-electron chi connectivity index (χ2n) is 5.48. The summed E-state index contributed by atoms with van der Waals surface area (Å²) in [5, 5.41) is 3.47. The molecule has 0 fully saturated rings. The van der Waals surface area contributed by atoms with E-state index in [-0.39, 0.29) is 18.7 Å². The number of hydrogen-bond donors (Lipinski definition) is 1. The molecule has 0 saturated carbocycles. The summed E-state index contributed by atoms with van der Waals surface area (Å²) in [6.45, 7) is 0. The van der Waals surface area contributed by atoms with Gasteiger partial charge in [0.15, 0.2) is 0 Å². The second-order valence-corrected chi connectivity index (χ2v) is 5.92. The van der Waals surface area contributed by atoms with Gasteiger partial charge in [-0.3, -0.25) is 9.59 Å². The molecule has 0 spiro atoms. The average Bonchev–Trinajstić information content (AvgIpc) is 2.61. The number of amides is 1. The molecule has 132 valence electrons. The van der Waals surface area contributed by atoms with E-state index < -0.39 is 12.0 Å². The van der Waals surface area contributed by atoms with Gasteiger partial charge in [-0.2, -0.15) is 0 Å². The van der Waals surface area contributed by atoms with Crippen LogP contribution in [-0.2, 0) is 20.7 Å². The SMILES string of the molecule is COC(=O)CC(NC(=O)Cc1cccc(OC)c1)c1ccc(Cl)cc1. The largest absolute Gasteiger partial charge is 0.497 e. The third kappa shape index (κ3) is 5.80. The quantitative estimate of drug-likeness (QED) is 0.768. The summed E-state index contributed by atoms with van der Waals surface area (Å²) < 4.78 is 9.88. The van der Waals surface area contributed by atoms with Crippen molar-refractivity contribution in [3.05, 3.63) is 64.7 Å². The summed E-state index contributed by atoms with van der Waals surface area (Å²) in [5.74, 6) is 0.0906. The number of methoxy groups -OCH3 is 2. The topological polar surface area (TPSA) is 64.6 Å². The number of halogens is 1. The number of esters is 1. The molecule has 1 amide bonds. The molecular weight excluding hydrogens is 342 g/mol. The van der Waals surface area contributed by atoms with Gasteiger partial charge in [0.2, 0.25) is 5.91 Å². The minimum Gasteiger partial charge on any atom is -0.497 e. The van der Waals surface area contributed by atoms with Crippen molar-refractivity contribution in [2.24, 2.45) is 0 Å². The standard InChI is InChI=1S/C19H20ClNO4/c1-24-16-5-3-4-13(10-16)11-18(22)21-17(12-19(23)25-2)14-6-8-15(20)9-7-14/h3-10,17H,11-12H2,1-2H3,(H,21,22). The summed E-state index contributed by atoms with van der Waals surface area (Å²) in [4.78, 5) is 24.1. The first kappa shape index (κ1) is 18.8. The van der Waals surface area contributed by atoms with Crippen LogP contribution < -0.4 is 10.1 Å². The molecule has 0 saturated heterocycles. The van der Waals surface area contributed by atoms with Crippen LogP contribution >= 0.6 is 11.6 Å². The predicted molar refractivity (Wildman–Crippen MR) is 95.7 cm³/mol. The number of hydrogen-bond acceptors (Lipinski definition) is 4. The average molecular weight is 362 g/mol. The number of rotatable bonds is 7. The maximum absolute atomic E-state index is 12.4. The lowest BCUT2D eigenvalue weighted by atomic mass is 10.0. The molecular formula is C19H20ClNO4. The van der Waals surface area contributed by atoms with E-state index >= 15 is 0 Å². The summed E-state index contributed by atoms with van der Waals surface area (Å²) in [6, 6.07) is 13.8. The molecule has 2 aromatic carbocycles. The van der Waals surface area contributed by atoms with E-state index in [2.05, 4.69) is 5.32 Å².